The zero-order valence-electron chi connectivity index (χ0n) is 21.4. The van der Waals surface area contributed by atoms with E-state index in [2.05, 4.69) is 9.97 Å². The van der Waals surface area contributed by atoms with Gasteiger partial charge in [0.15, 0.2) is 5.78 Å². The van der Waals surface area contributed by atoms with Crippen molar-refractivity contribution in [3.05, 3.63) is 40.3 Å². The van der Waals surface area contributed by atoms with Crippen LogP contribution in [0.25, 0.3) is 0 Å². The van der Waals surface area contributed by atoms with Crippen molar-refractivity contribution in [2.45, 2.75) is 51.1 Å². The summed E-state index contributed by atoms with van der Waals surface area (Å²) in [6, 6.07) is 2.43. The lowest BCUT2D eigenvalue weighted by atomic mass is 10.1. The van der Waals surface area contributed by atoms with Gasteiger partial charge in [0.25, 0.3) is 5.56 Å². The van der Waals surface area contributed by atoms with E-state index in [0.717, 1.165) is 4.90 Å². The molecule has 2 aromatic rings. The number of anilines is 3. The highest BCUT2D eigenvalue weighted by molar-refractivity contribution is 5.99. The van der Waals surface area contributed by atoms with Crippen molar-refractivity contribution >= 4 is 23.4 Å². The zero-order valence-corrected chi connectivity index (χ0v) is 21.4. The Morgan fingerprint density at radius 2 is 1.68 bits per heavy atom. The van der Waals surface area contributed by atoms with Crippen molar-refractivity contribution < 1.29 is 27.4 Å². The maximum Gasteiger partial charge on any atom is 0.408 e. The Labute approximate surface area is 218 Å². The molecule has 13 heteroatoms. The van der Waals surface area contributed by atoms with Gasteiger partial charge in [0.05, 0.1) is 45.1 Å². The highest BCUT2D eigenvalue weighted by Gasteiger charge is 2.47. The monoisotopic (exact) mass is 536 g/mol. The van der Waals surface area contributed by atoms with Gasteiger partial charge in [-0.05, 0) is 32.4 Å². The molecule has 0 saturated carbocycles. The van der Waals surface area contributed by atoms with Gasteiger partial charge in [-0.25, -0.2) is 4.98 Å². The standard InChI is InChI=1S/C25H31F3N6O4/c1-16-14-37-9-7-31(16)21-11-18(3-5-29-21)19(35)13-34-20(25(26,27)28)4-6-33-23(36)12-22(30-24(33)34)32-8-10-38-15-17(32)2/h3,5,11-12,16-17,20H,4,6-10,13-15H2,1-2H3. The van der Waals surface area contributed by atoms with Crippen molar-refractivity contribution in [3.8, 4) is 0 Å². The van der Waals surface area contributed by atoms with Crippen molar-refractivity contribution in [3.63, 3.8) is 0 Å². The summed E-state index contributed by atoms with van der Waals surface area (Å²) < 4.78 is 54.7. The number of halogens is 3. The minimum Gasteiger partial charge on any atom is -0.377 e. The number of aromatic nitrogens is 3. The van der Waals surface area contributed by atoms with Gasteiger partial charge in [0.1, 0.15) is 17.7 Å². The smallest absolute Gasteiger partial charge is 0.377 e. The Kier molecular flexibility index (Phi) is 7.32. The van der Waals surface area contributed by atoms with Crippen LogP contribution in [0, 0.1) is 0 Å². The summed E-state index contributed by atoms with van der Waals surface area (Å²) in [5.41, 5.74) is -0.207. The van der Waals surface area contributed by atoms with Crippen molar-refractivity contribution in [2.75, 3.05) is 60.8 Å². The number of rotatable bonds is 5. The quantitative estimate of drug-likeness (QED) is 0.533. The number of ketones is 1. The van der Waals surface area contributed by atoms with E-state index in [0.29, 0.717) is 45.3 Å². The van der Waals surface area contributed by atoms with Crippen LogP contribution < -0.4 is 20.3 Å². The molecule has 3 aliphatic rings. The first-order valence-corrected chi connectivity index (χ1v) is 12.8. The molecule has 0 bridgehead atoms. The second-order valence-corrected chi connectivity index (χ2v) is 9.94. The third-order valence-electron chi connectivity index (χ3n) is 7.32. The summed E-state index contributed by atoms with van der Waals surface area (Å²) in [6.07, 6.45) is -3.49. The van der Waals surface area contributed by atoms with Crippen LogP contribution in [0.1, 0.15) is 30.6 Å². The van der Waals surface area contributed by atoms with Crippen LogP contribution in [-0.2, 0) is 16.0 Å². The molecule has 10 nitrogen and oxygen atoms in total. The number of ether oxygens (including phenoxy) is 2. The maximum absolute atomic E-state index is 14.2. The molecule has 3 unspecified atom stereocenters. The lowest BCUT2D eigenvalue weighted by Crippen LogP contribution is -2.54. The summed E-state index contributed by atoms with van der Waals surface area (Å²) >= 11 is 0. The first-order valence-electron chi connectivity index (χ1n) is 12.8. The van der Waals surface area contributed by atoms with Crippen LogP contribution in [-0.4, -0.2) is 90.7 Å². The molecule has 206 valence electrons. The molecule has 0 amide bonds. The Hall–Kier alpha value is -3.19. The lowest BCUT2D eigenvalue weighted by molar-refractivity contribution is -0.152. The topological polar surface area (TPSA) is 93.0 Å². The summed E-state index contributed by atoms with van der Waals surface area (Å²) in [4.78, 5) is 40.1. The number of fused-ring (bicyclic) bond motifs is 1. The van der Waals surface area contributed by atoms with Gasteiger partial charge in [-0.2, -0.15) is 18.2 Å². The molecule has 0 aromatic carbocycles. The Morgan fingerprint density at radius 1 is 1.03 bits per heavy atom. The molecular weight excluding hydrogens is 505 g/mol. The van der Waals surface area contributed by atoms with Crippen molar-refractivity contribution in [1.82, 2.24) is 14.5 Å². The largest absolute Gasteiger partial charge is 0.408 e. The van der Waals surface area contributed by atoms with E-state index in [1.165, 1.54) is 22.9 Å². The van der Waals surface area contributed by atoms with E-state index in [9.17, 15) is 22.8 Å². The fourth-order valence-electron chi connectivity index (χ4n) is 5.26. The molecule has 38 heavy (non-hydrogen) atoms. The predicted molar refractivity (Wildman–Crippen MR) is 134 cm³/mol. The molecule has 0 N–H and O–H groups in total. The Morgan fingerprint density at radius 3 is 2.32 bits per heavy atom. The van der Waals surface area contributed by atoms with Gasteiger partial charge in [-0.1, -0.05) is 0 Å². The van der Waals surface area contributed by atoms with Crippen LogP contribution >= 0.6 is 0 Å². The fourth-order valence-corrected chi connectivity index (χ4v) is 5.26. The van der Waals surface area contributed by atoms with Crippen LogP contribution in [0.4, 0.5) is 30.8 Å². The lowest BCUT2D eigenvalue weighted by Gasteiger charge is -2.40. The molecule has 5 heterocycles. The van der Waals surface area contributed by atoms with Crippen molar-refractivity contribution in [1.29, 1.82) is 0 Å². The van der Waals surface area contributed by atoms with Crippen molar-refractivity contribution in [2.24, 2.45) is 0 Å². The van der Waals surface area contributed by atoms with E-state index in [1.807, 2.05) is 23.6 Å². The first kappa shape index (κ1) is 26.4. The van der Waals surface area contributed by atoms with Crippen LogP contribution in [0.5, 0.6) is 0 Å². The molecule has 0 aliphatic carbocycles. The Bertz CT molecular complexity index is 1240. The minimum absolute atomic E-state index is 0.0438. The van der Waals surface area contributed by atoms with Gasteiger partial charge in [-0.15, -0.1) is 0 Å². The van der Waals surface area contributed by atoms with E-state index in [4.69, 9.17) is 9.47 Å². The normalized spacial score (nSPS) is 24.3. The number of Topliss-reactive ketones (excluding diaryl/α,β-unsaturated/α-hetero) is 1. The Balaban J connectivity index is 1.48. The number of carbonyl (C=O) groups excluding carboxylic acids is 1. The number of pyridine rings is 1. The number of carbonyl (C=O) groups is 1. The van der Waals surface area contributed by atoms with Crippen LogP contribution in [0.15, 0.2) is 29.2 Å². The highest BCUT2D eigenvalue weighted by atomic mass is 19.4. The molecule has 2 fully saturated rings. The number of hydrogen-bond acceptors (Lipinski definition) is 9. The third kappa shape index (κ3) is 5.21. The van der Waals surface area contributed by atoms with Gasteiger partial charge < -0.3 is 24.2 Å². The summed E-state index contributed by atoms with van der Waals surface area (Å²) in [6.45, 7) is 6.08. The number of alkyl halides is 3. The molecule has 2 saturated heterocycles. The van der Waals surface area contributed by atoms with Crippen LogP contribution in [0.2, 0.25) is 0 Å². The molecule has 0 spiro atoms. The fraction of sp³-hybridized carbons (Fsp3) is 0.600. The zero-order chi connectivity index (χ0) is 27.0. The first-order chi connectivity index (χ1) is 18.1. The number of nitrogens with zero attached hydrogens (tertiary/aromatic N) is 6. The summed E-state index contributed by atoms with van der Waals surface area (Å²) in [5, 5.41) is 0. The summed E-state index contributed by atoms with van der Waals surface area (Å²) in [5.74, 6) is 0.182. The average molecular weight is 537 g/mol. The second-order valence-electron chi connectivity index (χ2n) is 9.94. The molecule has 5 rings (SSSR count). The number of morpholine rings is 2. The van der Waals surface area contributed by atoms with E-state index in [-0.39, 0.29) is 42.4 Å². The molecular formula is C25H31F3N6O4. The SMILES string of the molecule is CC1COCCN1c1cc(C(=O)CN2c3nc(N4CCOCC4C)cc(=O)n3CCC2C(F)(F)F)ccn1. The second kappa shape index (κ2) is 10.5. The maximum atomic E-state index is 14.2. The predicted octanol–water partition coefficient (Wildman–Crippen LogP) is 2.11. The van der Waals surface area contributed by atoms with E-state index < -0.39 is 30.1 Å². The highest BCUT2D eigenvalue weighted by Crippen LogP contribution is 2.34. The molecule has 3 atom stereocenters. The molecule has 0 radical (unpaired) electrons. The van der Waals surface area contributed by atoms with Gasteiger partial charge >= 0.3 is 6.18 Å². The minimum atomic E-state index is -4.61. The van der Waals surface area contributed by atoms with E-state index in [1.54, 1.807) is 6.07 Å². The molecule has 2 aromatic heterocycles. The van der Waals surface area contributed by atoms with Gasteiger partial charge in [0.2, 0.25) is 5.95 Å². The summed E-state index contributed by atoms with van der Waals surface area (Å²) in [7, 11) is 0. The van der Waals surface area contributed by atoms with Crippen LogP contribution in [0.3, 0.4) is 0 Å². The number of hydrogen-bond donors (Lipinski definition) is 0. The van der Waals surface area contributed by atoms with E-state index >= 15 is 0 Å². The average Bonchev–Trinajstić information content (AvgIpc) is 2.89. The third-order valence-corrected chi connectivity index (χ3v) is 7.32. The van der Waals surface area contributed by atoms with Gasteiger partial charge in [0, 0.05) is 37.5 Å². The molecule has 3 aliphatic heterocycles. The van der Waals surface area contributed by atoms with Gasteiger partial charge in [-0.3, -0.25) is 14.2 Å².